The van der Waals surface area contributed by atoms with E-state index in [2.05, 4.69) is 25.8 Å². The normalized spacial score (nSPS) is 24.6. The third-order valence-electron chi connectivity index (χ3n) is 4.52. The Labute approximate surface area is 117 Å². The summed E-state index contributed by atoms with van der Waals surface area (Å²) in [7, 11) is 0. The van der Waals surface area contributed by atoms with E-state index >= 15 is 0 Å². The molecule has 0 saturated heterocycles. The van der Waals surface area contributed by atoms with Crippen LogP contribution in [0, 0.1) is 11.3 Å². The topological polar surface area (TPSA) is 52.0 Å². The summed E-state index contributed by atoms with van der Waals surface area (Å²) >= 11 is 0. The van der Waals surface area contributed by atoms with Crippen LogP contribution in [0.25, 0.3) is 0 Å². The molecule has 0 bridgehead atoms. The van der Waals surface area contributed by atoms with Gasteiger partial charge in [-0.2, -0.15) is 0 Å². The zero-order valence-corrected chi connectivity index (χ0v) is 12.6. The number of nitrogens with two attached hydrogens (primary N) is 1. The molecule has 0 aliphatic heterocycles. The highest BCUT2D eigenvalue weighted by atomic mass is 16.4. The molecule has 0 unspecified atom stereocenters. The van der Waals surface area contributed by atoms with Gasteiger partial charge in [-0.25, -0.2) is 4.98 Å². The monoisotopic (exact) mass is 264 g/mol. The summed E-state index contributed by atoms with van der Waals surface area (Å²) in [5.41, 5.74) is 5.96. The van der Waals surface area contributed by atoms with Crippen molar-refractivity contribution in [2.75, 3.05) is 6.54 Å². The van der Waals surface area contributed by atoms with Gasteiger partial charge in [-0.05, 0) is 50.0 Å². The smallest absolute Gasteiger partial charge is 0.194 e. The predicted molar refractivity (Wildman–Crippen MR) is 78.0 cm³/mol. The molecule has 19 heavy (non-hydrogen) atoms. The molecule has 0 aromatic carbocycles. The van der Waals surface area contributed by atoms with E-state index in [4.69, 9.17) is 10.2 Å². The molecule has 3 heteroatoms. The average molecular weight is 264 g/mol. The van der Waals surface area contributed by atoms with Crippen molar-refractivity contribution in [3.8, 4) is 0 Å². The second kappa shape index (κ2) is 6.08. The summed E-state index contributed by atoms with van der Waals surface area (Å²) in [6, 6.07) is 0. The van der Waals surface area contributed by atoms with Gasteiger partial charge in [0.1, 0.15) is 5.76 Å². The Kier molecular flexibility index (Phi) is 4.67. The first kappa shape index (κ1) is 14.6. The Bertz CT molecular complexity index is 384. The Morgan fingerprint density at radius 2 is 1.95 bits per heavy atom. The summed E-state index contributed by atoms with van der Waals surface area (Å²) < 4.78 is 5.88. The number of aromatic nitrogens is 1. The van der Waals surface area contributed by atoms with E-state index in [1.165, 1.54) is 25.7 Å². The summed E-state index contributed by atoms with van der Waals surface area (Å²) in [5, 5.41) is 0. The third kappa shape index (κ3) is 3.82. The van der Waals surface area contributed by atoms with E-state index in [1.54, 1.807) is 0 Å². The highest BCUT2D eigenvalue weighted by Crippen LogP contribution is 2.43. The molecule has 2 rings (SSSR count). The SMILES string of the molecule is CC(C)(C)C1CCC(c2cnc(CCCN)o2)CC1. The van der Waals surface area contributed by atoms with Crippen LogP contribution in [0.2, 0.25) is 0 Å². The van der Waals surface area contributed by atoms with Gasteiger partial charge >= 0.3 is 0 Å². The Morgan fingerprint density at radius 3 is 2.53 bits per heavy atom. The number of aryl methyl sites for hydroxylation is 1. The summed E-state index contributed by atoms with van der Waals surface area (Å²) in [5.74, 6) is 3.39. The Morgan fingerprint density at radius 1 is 1.26 bits per heavy atom. The van der Waals surface area contributed by atoms with Crippen molar-refractivity contribution in [2.24, 2.45) is 17.1 Å². The molecular weight excluding hydrogens is 236 g/mol. The second-order valence-electron chi connectivity index (χ2n) is 6.96. The molecule has 1 fully saturated rings. The maximum absolute atomic E-state index is 5.88. The fraction of sp³-hybridized carbons (Fsp3) is 0.812. The first-order valence-corrected chi connectivity index (χ1v) is 7.65. The minimum Gasteiger partial charge on any atom is -0.445 e. The van der Waals surface area contributed by atoms with Gasteiger partial charge in [0.05, 0.1) is 6.20 Å². The number of hydrogen-bond acceptors (Lipinski definition) is 3. The number of nitrogens with zero attached hydrogens (tertiary/aromatic N) is 1. The van der Waals surface area contributed by atoms with Gasteiger partial charge in [0.25, 0.3) is 0 Å². The average Bonchev–Trinajstić information content (AvgIpc) is 2.84. The van der Waals surface area contributed by atoms with Crippen LogP contribution in [0.5, 0.6) is 0 Å². The Balaban J connectivity index is 1.89. The number of oxazole rings is 1. The predicted octanol–water partition coefficient (Wildman–Crippen LogP) is 3.89. The van der Waals surface area contributed by atoms with Crippen LogP contribution in [0.4, 0.5) is 0 Å². The van der Waals surface area contributed by atoms with E-state index in [1.807, 2.05) is 6.20 Å². The van der Waals surface area contributed by atoms with Crippen LogP contribution < -0.4 is 5.73 Å². The van der Waals surface area contributed by atoms with E-state index in [-0.39, 0.29) is 0 Å². The quantitative estimate of drug-likeness (QED) is 0.897. The van der Waals surface area contributed by atoms with E-state index < -0.39 is 0 Å². The largest absolute Gasteiger partial charge is 0.445 e. The lowest BCUT2D eigenvalue weighted by Gasteiger charge is -2.36. The van der Waals surface area contributed by atoms with E-state index in [9.17, 15) is 0 Å². The van der Waals surface area contributed by atoms with Crippen molar-refractivity contribution in [1.29, 1.82) is 0 Å². The van der Waals surface area contributed by atoms with Crippen LogP contribution in [-0.4, -0.2) is 11.5 Å². The molecule has 0 spiro atoms. The summed E-state index contributed by atoms with van der Waals surface area (Å²) in [4.78, 5) is 4.37. The van der Waals surface area contributed by atoms with Gasteiger partial charge in [-0.1, -0.05) is 20.8 Å². The van der Waals surface area contributed by atoms with Crippen molar-refractivity contribution in [1.82, 2.24) is 4.98 Å². The lowest BCUT2D eigenvalue weighted by molar-refractivity contribution is 0.163. The van der Waals surface area contributed by atoms with Crippen LogP contribution in [-0.2, 0) is 6.42 Å². The van der Waals surface area contributed by atoms with Gasteiger partial charge in [0.15, 0.2) is 5.89 Å². The Hall–Kier alpha value is -0.830. The summed E-state index contributed by atoms with van der Waals surface area (Å²) in [6.07, 6.45) is 8.87. The van der Waals surface area contributed by atoms with E-state index in [0.29, 0.717) is 17.9 Å². The van der Waals surface area contributed by atoms with Crippen LogP contribution in [0.3, 0.4) is 0 Å². The molecule has 1 aromatic rings. The molecule has 1 heterocycles. The van der Waals surface area contributed by atoms with Gasteiger partial charge in [-0.15, -0.1) is 0 Å². The first-order valence-electron chi connectivity index (χ1n) is 7.65. The summed E-state index contributed by atoms with van der Waals surface area (Å²) in [6.45, 7) is 7.78. The van der Waals surface area contributed by atoms with Crippen molar-refractivity contribution < 1.29 is 4.42 Å². The fourth-order valence-electron chi connectivity index (χ4n) is 3.13. The first-order chi connectivity index (χ1) is 9.00. The molecule has 0 atom stereocenters. The van der Waals surface area contributed by atoms with Crippen LogP contribution >= 0.6 is 0 Å². The van der Waals surface area contributed by atoms with Crippen molar-refractivity contribution in [3.63, 3.8) is 0 Å². The lowest BCUT2D eigenvalue weighted by Crippen LogP contribution is -2.25. The molecule has 1 saturated carbocycles. The van der Waals surface area contributed by atoms with Gasteiger partial charge < -0.3 is 10.2 Å². The molecule has 1 aliphatic rings. The zero-order chi connectivity index (χ0) is 13.9. The molecule has 2 N–H and O–H groups in total. The molecule has 1 aliphatic carbocycles. The molecular formula is C16H28N2O. The van der Waals surface area contributed by atoms with Crippen molar-refractivity contribution >= 4 is 0 Å². The fourth-order valence-corrected chi connectivity index (χ4v) is 3.13. The lowest BCUT2D eigenvalue weighted by atomic mass is 9.69. The van der Waals surface area contributed by atoms with Crippen LogP contribution in [0.15, 0.2) is 10.6 Å². The minimum atomic E-state index is 0.443. The molecule has 3 nitrogen and oxygen atoms in total. The zero-order valence-electron chi connectivity index (χ0n) is 12.6. The van der Waals surface area contributed by atoms with Gasteiger partial charge in [0.2, 0.25) is 0 Å². The van der Waals surface area contributed by atoms with Gasteiger partial charge in [0, 0.05) is 12.3 Å². The maximum atomic E-state index is 5.88. The second-order valence-corrected chi connectivity index (χ2v) is 6.96. The molecule has 1 aromatic heterocycles. The van der Waals surface area contributed by atoms with Crippen molar-refractivity contribution in [2.45, 2.75) is 65.2 Å². The standard InChI is InChI=1S/C16H28N2O/c1-16(2,3)13-8-6-12(7-9-13)14-11-18-15(19-14)5-4-10-17/h11-13H,4-10,17H2,1-3H3. The number of hydrogen-bond donors (Lipinski definition) is 1. The number of rotatable bonds is 4. The molecule has 0 amide bonds. The van der Waals surface area contributed by atoms with Crippen LogP contribution in [0.1, 0.15) is 70.4 Å². The third-order valence-corrected chi connectivity index (χ3v) is 4.52. The molecule has 0 radical (unpaired) electrons. The minimum absolute atomic E-state index is 0.443. The highest BCUT2D eigenvalue weighted by Gasteiger charge is 2.31. The highest BCUT2D eigenvalue weighted by molar-refractivity contribution is 5.04. The maximum Gasteiger partial charge on any atom is 0.194 e. The van der Waals surface area contributed by atoms with E-state index in [0.717, 1.165) is 30.4 Å². The van der Waals surface area contributed by atoms with Crippen molar-refractivity contribution in [3.05, 3.63) is 17.8 Å². The van der Waals surface area contributed by atoms with Gasteiger partial charge in [-0.3, -0.25) is 0 Å². The molecule has 108 valence electrons.